The van der Waals surface area contributed by atoms with Crippen molar-refractivity contribution >= 4 is 5.78 Å². The smallest absolute Gasteiger partial charge is 0.174 e. The predicted molar refractivity (Wildman–Crippen MR) is 89.4 cm³/mol. The Morgan fingerprint density at radius 3 is 3.04 bits per heavy atom. The molecule has 1 aromatic carbocycles. The minimum atomic E-state index is -1.02. The van der Waals surface area contributed by atoms with Crippen LogP contribution in [-0.4, -0.2) is 53.3 Å². The number of carbonyl (C=O) groups is 1. The highest BCUT2D eigenvalue weighted by Gasteiger charge is 2.76. The predicted octanol–water partition coefficient (Wildman–Crippen LogP) is 0.814. The van der Waals surface area contributed by atoms with Crippen molar-refractivity contribution in [1.29, 1.82) is 0 Å². The maximum absolute atomic E-state index is 12.7. The molecule has 132 valence electrons. The van der Waals surface area contributed by atoms with Crippen LogP contribution in [0.25, 0.3) is 0 Å². The quantitative estimate of drug-likeness (QED) is 0.639. The van der Waals surface area contributed by atoms with Crippen molar-refractivity contribution in [3.63, 3.8) is 0 Å². The number of carbonyl (C=O) groups excluding carboxylic acids is 1. The summed E-state index contributed by atoms with van der Waals surface area (Å²) in [6, 6.07) is 3.12. The number of aliphatic hydroxyl groups is 1. The molecular formula is C20H23NO4. The number of ether oxygens (including phenoxy) is 1. The van der Waals surface area contributed by atoms with Gasteiger partial charge in [0, 0.05) is 24.8 Å². The highest BCUT2D eigenvalue weighted by atomic mass is 16.5. The molecule has 1 N–H and O–H groups in total. The Morgan fingerprint density at radius 1 is 1.48 bits per heavy atom. The number of piperidine rings is 1. The molecule has 1 aromatic rings. The van der Waals surface area contributed by atoms with Gasteiger partial charge >= 0.3 is 0 Å². The van der Waals surface area contributed by atoms with Crippen LogP contribution in [0.1, 0.15) is 30.4 Å². The summed E-state index contributed by atoms with van der Waals surface area (Å²) >= 11 is 0. The van der Waals surface area contributed by atoms with Gasteiger partial charge in [0.2, 0.25) is 0 Å². The highest BCUT2D eigenvalue weighted by molar-refractivity contribution is 5.89. The van der Waals surface area contributed by atoms with Gasteiger partial charge in [-0.3, -0.25) is 4.79 Å². The topological polar surface area (TPSA) is 69.6 Å². The molecule has 4 aliphatic rings. The minimum absolute atomic E-state index is 0.000462. The first-order valence-corrected chi connectivity index (χ1v) is 9.08. The Bertz CT molecular complexity index is 820. The van der Waals surface area contributed by atoms with Gasteiger partial charge in [-0.05, 0) is 24.1 Å². The number of likely N-dealkylation sites (N-methyl/N-ethyl adjacent to an activating group) is 1. The molecule has 1 spiro atoms. The van der Waals surface area contributed by atoms with Crippen molar-refractivity contribution in [3.05, 3.63) is 35.9 Å². The largest absolute Gasteiger partial charge is 0.872 e. The van der Waals surface area contributed by atoms with Crippen LogP contribution >= 0.6 is 0 Å². The molecule has 5 heteroatoms. The van der Waals surface area contributed by atoms with E-state index in [-0.39, 0.29) is 17.6 Å². The van der Waals surface area contributed by atoms with Crippen LogP contribution in [0.2, 0.25) is 0 Å². The Labute approximate surface area is 147 Å². The van der Waals surface area contributed by atoms with E-state index < -0.39 is 17.1 Å². The molecule has 2 aliphatic heterocycles. The highest BCUT2D eigenvalue weighted by Crippen LogP contribution is 2.65. The van der Waals surface area contributed by atoms with E-state index in [0.717, 1.165) is 24.2 Å². The SMILES string of the molecule is C=CC[N@@+]1(C)CC[C@]23c4c5ccc([O-])c4C[C@H]1[C@]2(O)CCC(=O)C3O5. The maximum atomic E-state index is 12.7. The lowest BCUT2D eigenvalue weighted by Crippen LogP contribution is -2.80. The average molecular weight is 341 g/mol. The third kappa shape index (κ3) is 1.51. The molecule has 0 aromatic heterocycles. The van der Waals surface area contributed by atoms with Crippen LogP contribution in [0.15, 0.2) is 24.8 Å². The van der Waals surface area contributed by atoms with Gasteiger partial charge in [-0.2, -0.15) is 0 Å². The number of benzene rings is 1. The number of hydrogen-bond donors (Lipinski definition) is 1. The first-order valence-electron chi connectivity index (χ1n) is 9.08. The van der Waals surface area contributed by atoms with E-state index >= 15 is 0 Å². The van der Waals surface area contributed by atoms with Gasteiger partial charge in [0.25, 0.3) is 0 Å². The number of rotatable bonds is 2. The van der Waals surface area contributed by atoms with Crippen molar-refractivity contribution in [2.45, 2.75) is 48.8 Å². The molecule has 0 radical (unpaired) electrons. The van der Waals surface area contributed by atoms with Gasteiger partial charge in [-0.15, -0.1) is 5.75 Å². The molecule has 5 atom stereocenters. The first-order chi connectivity index (χ1) is 11.9. The number of quaternary nitrogens is 1. The van der Waals surface area contributed by atoms with Gasteiger partial charge in [-0.25, -0.2) is 0 Å². The average Bonchev–Trinajstić information content (AvgIpc) is 2.91. The summed E-state index contributed by atoms with van der Waals surface area (Å²) in [5, 5.41) is 24.6. The minimum Gasteiger partial charge on any atom is -0.872 e. The second-order valence-corrected chi connectivity index (χ2v) is 8.42. The summed E-state index contributed by atoms with van der Waals surface area (Å²) < 4.78 is 6.72. The normalized spacial score (nSPS) is 43.4. The molecule has 2 aliphatic carbocycles. The zero-order chi connectivity index (χ0) is 17.6. The van der Waals surface area contributed by atoms with Crippen LogP contribution in [0, 0.1) is 0 Å². The lowest BCUT2D eigenvalue weighted by molar-refractivity contribution is -0.944. The second-order valence-electron chi connectivity index (χ2n) is 8.42. The maximum Gasteiger partial charge on any atom is 0.174 e. The third-order valence-electron chi connectivity index (χ3n) is 7.45. The van der Waals surface area contributed by atoms with E-state index in [2.05, 4.69) is 13.6 Å². The molecule has 2 heterocycles. The molecule has 2 bridgehead atoms. The van der Waals surface area contributed by atoms with Crippen molar-refractivity contribution < 1.29 is 24.2 Å². The van der Waals surface area contributed by atoms with E-state index in [9.17, 15) is 15.0 Å². The summed E-state index contributed by atoms with van der Waals surface area (Å²) in [4.78, 5) is 12.7. The first kappa shape index (κ1) is 15.4. The monoisotopic (exact) mass is 341 g/mol. The fourth-order valence-corrected chi connectivity index (χ4v) is 6.34. The van der Waals surface area contributed by atoms with Gasteiger partial charge in [0.05, 0.1) is 25.6 Å². The van der Waals surface area contributed by atoms with E-state index in [1.165, 1.54) is 0 Å². The van der Waals surface area contributed by atoms with Crippen LogP contribution in [0.4, 0.5) is 0 Å². The molecule has 25 heavy (non-hydrogen) atoms. The summed E-state index contributed by atoms with van der Waals surface area (Å²) in [5.41, 5.74) is -0.192. The number of ketones is 1. The number of hydrogen-bond acceptors (Lipinski definition) is 4. The Hall–Kier alpha value is -1.85. The molecule has 1 unspecified atom stereocenters. The van der Waals surface area contributed by atoms with Crippen LogP contribution in [0.5, 0.6) is 11.5 Å². The van der Waals surface area contributed by atoms with Crippen molar-refractivity contribution in [1.82, 2.24) is 0 Å². The molecule has 1 saturated heterocycles. The number of Topliss-reactive ketones (excluding diaryl/α,β-unsaturated/α-hetero) is 1. The fourth-order valence-electron chi connectivity index (χ4n) is 6.34. The van der Waals surface area contributed by atoms with E-state index in [1.807, 2.05) is 6.08 Å². The summed E-state index contributed by atoms with van der Waals surface area (Å²) in [6.07, 6.45) is 3.22. The van der Waals surface area contributed by atoms with Crippen LogP contribution in [0.3, 0.4) is 0 Å². The molecule has 1 saturated carbocycles. The zero-order valence-corrected chi connectivity index (χ0v) is 14.5. The van der Waals surface area contributed by atoms with Gasteiger partial charge < -0.3 is 19.4 Å². The number of likely N-dealkylation sites (tertiary alicyclic amines) is 1. The summed E-state index contributed by atoms with van der Waals surface area (Å²) in [7, 11) is 2.14. The zero-order valence-electron chi connectivity index (χ0n) is 14.5. The van der Waals surface area contributed by atoms with E-state index in [1.54, 1.807) is 12.1 Å². The van der Waals surface area contributed by atoms with Gasteiger partial charge in [-0.1, -0.05) is 12.6 Å². The fraction of sp³-hybridized carbons (Fsp3) is 0.550. The molecule has 2 fully saturated rings. The lowest BCUT2D eigenvalue weighted by Gasteiger charge is -2.64. The lowest BCUT2D eigenvalue weighted by atomic mass is 9.48. The Kier molecular flexibility index (Phi) is 2.75. The van der Waals surface area contributed by atoms with E-state index in [0.29, 0.717) is 35.9 Å². The summed E-state index contributed by atoms with van der Waals surface area (Å²) in [6.45, 7) is 5.48. The van der Waals surface area contributed by atoms with Gasteiger partial charge in [0.1, 0.15) is 17.4 Å². The molecular weight excluding hydrogens is 318 g/mol. The standard InChI is InChI=1S/C20H23NO4/c1-3-9-21(2)10-8-19-17-12-11-16(21)20(19,24)7-6-14(23)18(19)25-15(17)5-4-13(12)22/h3-5,16,18,24H,1,6-11H2,2H3/t16-,18?,19+,20+,21-/m0/s1. The molecule has 5 nitrogen and oxygen atoms in total. The second kappa shape index (κ2) is 4.46. The molecule has 5 rings (SSSR count). The third-order valence-corrected chi connectivity index (χ3v) is 7.45. The Balaban J connectivity index is 1.83. The van der Waals surface area contributed by atoms with Crippen LogP contribution < -0.4 is 9.84 Å². The van der Waals surface area contributed by atoms with E-state index in [4.69, 9.17) is 4.74 Å². The Morgan fingerprint density at radius 2 is 2.28 bits per heavy atom. The van der Waals surface area contributed by atoms with Gasteiger partial charge in [0.15, 0.2) is 11.9 Å². The molecule has 0 amide bonds. The number of nitrogens with zero attached hydrogens (tertiary/aromatic N) is 1. The van der Waals surface area contributed by atoms with Crippen LogP contribution in [-0.2, 0) is 16.6 Å². The van der Waals surface area contributed by atoms with Crippen molar-refractivity contribution in [2.75, 3.05) is 20.1 Å². The van der Waals surface area contributed by atoms with Crippen molar-refractivity contribution in [3.8, 4) is 11.5 Å². The summed E-state index contributed by atoms with van der Waals surface area (Å²) in [5.74, 6) is 0.686. The van der Waals surface area contributed by atoms with Crippen molar-refractivity contribution in [2.24, 2.45) is 0 Å².